The summed E-state index contributed by atoms with van der Waals surface area (Å²) in [5.74, 6) is 1.24. The lowest BCUT2D eigenvalue weighted by atomic mass is 10.2. The maximum absolute atomic E-state index is 12.7. The molecule has 0 spiro atoms. The first-order chi connectivity index (χ1) is 14.6. The Labute approximate surface area is 178 Å². The van der Waals surface area contributed by atoms with Crippen LogP contribution >= 0.6 is 11.8 Å². The summed E-state index contributed by atoms with van der Waals surface area (Å²) in [6.45, 7) is 2.07. The van der Waals surface area contributed by atoms with Gasteiger partial charge < -0.3 is 19.8 Å². The number of rotatable bonds is 9. The van der Waals surface area contributed by atoms with Crippen molar-refractivity contribution in [2.75, 3.05) is 12.4 Å². The maximum Gasteiger partial charge on any atom is 0.251 e. The molecule has 1 atom stereocenters. The van der Waals surface area contributed by atoms with Gasteiger partial charge in [0.2, 0.25) is 5.91 Å². The van der Waals surface area contributed by atoms with Crippen LogP contribution in [0.2, 0.25) is 0 Å². The van der Waals surface area contributed by atoms with E-state index in [0.717, 1.165) is 0 Å². The van der Waals surface area contributed by atoms with Gasteiger partial charge in [0.1, 0.15) is 18.1 Å². The largest absolute Gasteiger partial charge is 0.497 e. The van der Waals surface area contributed by atoms with Crippen molar-refractivity contribution < 1.29 is 14.3 Å². The predicted molar refractivity (Wildman–Crippen MR) is 117 cm³/mol. The molecule has 0 saturated carbocycles. The van der Waals surface area contributed by atoms with Crippen molar-refractivity contribution in [3.8, 4) is 11.5 Å². The number of nitrogens with one attached hydrogen (secondary N) is 2. The molecule has 0 bridgehead atoms. The third-order valence-corrected chi connectivity index (χ3v) is 5.43. The minimum absolute atomic E-state index is 0.163. The molecule has 3 rings (SSSR count). The van der Waals surface area contributed by atoms with E-state index in [4.69, 9.17) is 9.47 Å². The van der Waals surface area contributed by atoms with Gasteiger partial charge in [0.15, 0.2) is 5.16 Å². The van der Waals surface area contributed by atoms with E-state index in [1.807, 2.05) is 37.3 Å². The van der Waals surface area contributed by atoms with E-state index in [9.17, 15) is 9.59 Å². The molecule has 0 fully saturated rings. The Morgan fingerprint density at radius 2 is 1.87 bits per heavy atom. The maximum atomic E-state index is 12.7. The topological polar surface area (TPSA) is 93.3 Å². The van der Waals surface area contributed by atoms with Crippen molar-refractivity contribution in [1.29, 1.82) is 0 Å². The number of nitrogens with zero attached hydrogens (tertiary/aromatic N) is 1. The molecule has 0 aliphatic carbocycles. The first kappa shape index (κ1) is 21.4. The molecular weight excluding hydrogens is 402 g/mol. The van der Waals surface area contributed by atoms with Crippen molar-refractivity contribution in [2.45, 2.75) is 30.4 Å². The summed E-state index contributed by atoms with van der Waals surface area (Å²) in [6, 6.07) is 17.8. The van der Waals surface area contributed by atoms with E-state index in [1.165, 1.54) is 17.8 Å². The highest BCUT2D eigenvalue weighted by Crippen LogP contribution is 2.24. The second-order valence-corrected chi connectivity index (χ2v) is 7.57. The van der Waals surface area contributed by atoms with Crippen LogP contribution in [-0.4, -0.2) is 28.2 Å². The molecule has 2 aromatic carbocycles. The molecular formula is C22H23N3O4S. The quantitative estimate of drug-likeness (QED) is 0.399. The van der Waals surface area contributed by atoms with Gasteiger partial charge in [-0.3, -0.25) is 9.59 Å². The molecule has 1 heterocycles. The van der Waals surface area contributed by atoms with E-state index in [1.54, 1.807) is 31.4 Å². The van der Waals surface area contributed by atoms with Crippen LogP contribution in [0, 0.1) is 0 Å². The second kappa shape index (κ2) is 10.5. The molecule has 0 saturated heterocycles. The molecule has 2 N–H and O–H groups in total. The summed E-state index contributed by atoms with van der Waals surface area (Å²) in [5, 5.41) is 2.84. The number of amides is 1. The number of methoxy groups -OCH3 is 1. The highest BCUT2D eigenvalue weighted by Gasteiger charge is 2.20. The van der Waals surface area contributed by atoms with Gasteiger partial charge in [-0.1, -0.05) is 36.9 Å². The zero-order valence-electron chi connectivity index (χ0n) is 16.8. The lowest BCUT2D eigenvalue weighted by Gasteiger charge is -2.15. The van der Waals surface area contributed by atoms with Crippen LogP contribution in [0.3, 0.4) is 0 Å². The fourth-order valence-electron chi connectivity index (χ4n) is 2.64. The Hall–Kier alpha value is -3.26. The number of ether oxygens (including phenoxy) is 2. The fraction of sp³-hybridized carbons (Fsp3) is 0.227. The number of hydrogen-bond acceptors (Lipinski definition) is 6. The molecule has 1 unspecified atom stereocenters. The molecule has 3 aromatic rings. The smallest absolute Gasteiger partial charge is 0.251 e. The number of anilines is 1. The average molecular weight is 426 g/mol. The minimum atomic E-state index is -0.416. The van der Waals surface area contributed by atoms with Crippen LogP contribution in [0.1, 0.15) is 19.0 Å². The van der Waals surface area contributed by atoms with E-state index in [0.29, 0.717) is 34.5 Å². The van der Waals surface area contributed by atoms with Gasteiger partial charge >= 0.3 is 0 Å². The Balaban J connectivity index is 1.65. The SMILES string of the molecule is CCC(Sc1nc(COc2ccccc2)cc(=O)[nH]1)C(=O)Nc1ccc(OC)cc1. The molecule has 0 aliphatic rings. The van der Waals surface area contributed by atoms with Crippen molar-refractivity contribution in [2.24, 2.45) is 0 Å². The first-order valence-electron chi connectivity index (χ1n) is 9.47. The minimum Gasteiger partial charge on any atom is -0.497 e. The van der Waals surface area contributed by atoms with Crippen molar-refractivity contribution in [3.05, 3.63) is 76.7 Å². The zero-order chi connectivity index (χ0) is 21.3. The lowest BCUT2D eigenvalue weighted by Crippen LogP contribution is -2.25. The highest BCUT2D eigenvalue weighted by molar-refractivity contribution is 8.00. The number of hydrogen-bond donors (Lipinski definition) is 2. The number of aromatic nitrogens is 2. The molecule has 1 amide bonds. The van der Waals surface area contributed by atoms with Gasteiger partial charge in [0.25, 0.3) is 5.56 Å². The summed E-state index contributed by atoms with van der Waals surface area (Å²) in [4.78, 5) is 31.8. The predicted octanol–water partition coefficient (Wildman–Crippen LogP) is 3.87. The number of H-pyrrole nitrogens is 1. The molecule has 8 heteroatoms. The third-order valence-electron chi connectivity index (χ3n) is 4.18. The molecule has 0 aliphatic heterocycles. The monoisotopic (exact) mass is 425 g/mol. The van der Waals surface area contributed by atoms with Crippen LogP contribution in [-0.2, 0) is 11.4 Å². The number of thioether (sulfide) groups is 1. The van der Waals surface area contributed by atoms with Crippen molar-refractivity contribution in [1.82, 2.24) is 9.97 Å². The molecule has 7 nitrogen and oxygen atoms in total. The van der Waals surface area contributed by atoms with Gasteiger partial charge in [-0.2, -0.15) is 0 Å². The molecule has 30 heavy (non-hydrogen) atoms. The standard InChI is InChI=1S/C22H23N3O4S/c1-3-19(21(27)23-15-9-11-17(28-2)12-10-15)30-22-24-16(13-20(26)25-22)14-29-18-7-5-4-6-8-18/h4-13,19H,3,14H2,1-2H3,(H,23,27)(H,24,25,26). The number of carbonyl (C=O) groups is 1. The Morgan fingerprint density at radius 3 is 2.53 bits per heavy atom. The Morgan fingerprint density at radius 1 is 1.13 bits per heavy atom. The Kier molecular flexibility index (Phi) is 7.51. The normalized spacial score (nSPS) is 11.5. The van der Waals surface area contributed by atoms with Crippen molar-refractivity contribution in [3.63, 3.8) is 0 Å². The zero-order valence-corrected chi connectivity index (χ0v) is 17.6. The van der Waals surface area contributed by atoms with Crippen LogP contribution in [0.5, 0.6) is 11.5 Å². The summed E-state index contributed by atoms with van der Waals surface area (Å²) in [6.07, 6.45) is 0.571. The first-order valence-corrected chi connectivity index (χ1v) is 10.3. The van der Waals surface area contributed by atoms with Crippen LogP contribution < -0.4 is 20.3 Å². The van der Waals surface area contributed by atoms with E-state index in [-0.39, 0.29) is 18.1 Å². The summed E-state index contributed by atoms with van der Waals surface area (Å²) >= 11 is 1.21. The molecule has 1 aromatic heterocycles. The highest BCUT2D eigenvalue weighted by atomic mass is 32.2. The second-order valence-electron chi connectivity index (χ2n) is 6.38. The van der Waals surface area contributed by atoms with Gasteiger partial charge in [-0.05, 0) is 42.8 Å². The van der Waals surface area contributed by atoms with E-state index < -0.39 is 5.25 Å². The van der Waals surface area contributed by atoms with Crippen LogP contribution in [0.25, 0.3) is 0 Å². The average Bonchev–Trinajstić information content (AvgIpc) is 2.77. The fourth-order valence-corrected chi connectivity index (χ4v) is 3.57. The van der Waals surface area contributed by atoms with Gasteiger partial charge in [-0.15, -0.1) is 0 Å². The van der Waals surface area contributed by atoms with Gasteiger partial charge in [-0.25, -0.2) is 4.98 Å². The van der Waals surface area contributed by atoms with Gasteiger partial charge in [0, 0.05) is 11.8 Å². The number of benzene rings is 2. The van der Waals surface area contributed by atoms with E-state index >= 15 is 0 Å². The third kappa shape index (κ3) is 6.12. The van der Waals surface area contributed by atoms with Gasteiger partial charge in [0.05, 0.1) is 18.1 Å². The molecule has 0 radical (unpaired) electrons. The van der Waals surface area contributed by atoms with Crippen LogP contribution in [0.4, 0.5) is 5.69 Å². The summed E-state index contributed by atoms with van der Waals surface area (Å²) in [7, 11) is 1.59. The number of carbonyl (C=O) groups excluding carboxylic acids is 1. The number of aromatic amines is 1. The Bertz CT molecular complexity index is 1020. The number of para-hydroxylation sites is 1. The van der Waals surface area contributed by atoms with Crippen molar-refractivity contribution >= 4 is 23.4 Å². The molecule has 156 valence electrons. The summed E-state index contributed by atoms with van der Waals surface area (Å²) < 4.78 is 10.8. The van der Waals surface area contributed by atoms with E-state index in [2.05, 4.69) is 15.3 Å². The summed E-state index contributed by atoms with van der Waals surface area (Å²) in [5.41, 5.74) is 0.881. The lowest BCUT2D eigenvalue weighted by molar-refractivity contribution is -0.115. The van der Waals surface area contributed by atoms with Crippen LogP contribution in [0.15, 0.2) is 70.6 Å².